The number of rotatable bonds is 8. The van der Waals surface area contributed by atoms with Gasteiger partial charge in [-0.25, -0.2) is 4.98 Å². The van der Waals surface area contributed by atoms with Crippen LogP contribution in [0, 0.1) is 6.92 Å². The van der Waals surface area contributed by atoms with Gasteiger partial charge in [0, 0.05) is 11.1 Å². The summed E-state index contributed by atoms with van der Waals surface area (Å²) in [5.74, 6) is 2.26. The van der Waals surface area contributed by atoms with Crippen LogP contribution >= 0.6 is 0 Å². The average molecular weight is 534 g/mol. The Balaban J connectivity index is 1.78. The standard InChI is InChI=1S/C34H35N3O3/c1-7-39-32-18-23(6)28(19-27(32)21(2)3)33-36-30-15-11-10-14-26(30)34(38)37(33)35-20-29-25-13-9-8-12-24(25)16-17-31(29)40-22(4)5/h8-22H,7H2,1-6H3. The van der Waals surface area contributed by atoms with Crippen LogP contribution in [0.3, 0.4) is 0 Å². The first-order valence-electron chi connectivity index (χ1n) is 13.8. The van der Waals surface area contributed by atoms with E-state index in [9.17, 15) is 4.79 Å². The second kappa shape index (κ2) is 11.3. The van der Waals surface area contributed by atoms with Crippen molar-refractivity contribution in [3.05, 3.63) is 99.8 Å². The zero-order chi connectivity index (χ0) is 28.4. The highest BCUT2D eigenvalue weighted by Crippen LogP contribution is 2.34. The van der Waals surface area contributed by atoms with E-state index in [-0.39, 0.29) is 17.6 Å². The largest absolute Gasteiger partial charge is 0.494 e. The highest BCUT2D eigenvalue weighted by Gasteiger charge is 2.19. The first-order chi connectivity index (χ1) is 19.3. The van der Waals surface area contributed by atoms with Crippen LogP contribution in [0.25, 0.3) is 33.1 Å². The van der Waals surface area contributed by atoms with Gasteiger partial charge in [0.2, 0.25) is 0 Å². The normalized spacial score (nSPS) is 11.8. The molecule has 204 valence electrons. The smallest absolute Gasteiger partial charge is 0.282 e. The van der Waals surface area contributed by atoms with Crippen molar-refractivity contribution in [1.29, 1.82) is 0 Å². The van der Waals surface area contributed by atoms with Crippen molar-refractivity contribution >= 4 is 27.9 Å². The topological polar surface area (TPSA) is 65.7 Å². The fourth-order valence-electron chi connectivity index (χ4n) is 4.96. The average Bonchev–Trinajstić information content (AvgIpc) is 2.93. The van der Waals surface area contributed by atoms with Gasteiger partial charge in [-0.2, -0.15) is 9.78 Å². The van der Waals surface area contributed by atoms with Gasteiger partial charge in [0.05, 0.1) is 29.8 Å². The number of hydrogen-bond donors (Lipinski definition) is 0. The number of fused-ring (bicyclic) bond motifs is 2. The number of para-hydroxylation sites is 1. The van der Waals surface area contributed by atoms with Crippen LogP contribution in [0.15, 0.2) is 82.7 Å². The number of benzene rings is 4. The van der Waals surface area contributed by atoms with Gasteiger partial charge < -0.3 is 9.47 Å². The molecule has 0 bridgehead atoms. The fourth-order valence-corrected chi connectivity index (χ4v) is 4.96. The molecule has 0 aliphatic heterocycles. The maximum Gasteiger partial charge on any atom is 0.282 e. The molecular formula is C34H35N3O3. The quantitative estimate of drug-likeness (QED) is 0.192. The van der Waals surface area contributed by atoms with Gasteiger partial charge >= 0.3 is 0 Å². The van der Waals surface area contributed by atoms with Crippen molar-refractivity contribution < 1.29 is 9.47 Å². The summed E-state index contributed by atoms with van der Waals surface area (Å²) in [5.41, 5.74) is 4.05. The van der Waals surface area contributed by atoms with Crippen molar-refractivity contribution in [2.75, 3.05) is 6.61 Å². The Morgan fingerprint density at radius 2 is 1.65 bits per heavy atom. The predicted octanol–water partition coefficient (Wildman–Crippen LogP) is 7.72. The van der Waals surface area contributed by atoms with Crippen LogP contribution < -0.4 is 15.0 Å². The lowest BCUT2D eigenvalue weighted by atomic mass is 9.96. The zero-order valence-electron chi connectivity index (χ0n) is 23.9. The summed E-state index contributed by atoms with van der Waals surface area (Å²) < 4.78 is 13.5. The van der Waals surface area contributed by atoms with E-state index in [0.717, 1.165) is 38.8 Å². The molecule has 0 atom stereocenters. The number of hydrogen-bond acceptors (Lipinski definition) is 5. The molecule has 0 unspecified atom stereocenters. The lowest BCUT2D eigenvalue weighted by molar-refractivity contribution is 0.242. The molecule has 0 aliphatic carbocycles. The Labute approximate surface area is 234 Å². The lowest BCUT2D eigenvalue weighted by Gasteiger charge is -2.18. The van der Waals surface area contributed by atoms with E-state index >= 15 is 0 Å². The fraction of sp³-hybridized carbons (Fsp3) is 0.265. The molecule has 6 nitrogen and oxygen atoms in total. The van der Waals surface area contributed by atoms with Crippen LogP contribution in [0.5, 0.6) is 11.5 Å². The van der Waals surface area contributed by atoms with E-state index in [1.165, 1.54) is 4.68 Å². The summed E-state index contributed by atoms with van der Waals surface area (Å²) in [6.45, 7) is 12.8. The van der Waals surface area contributed by atoms with E-state index < -0.39 is 0 Å². The molecule has 40 heavy (non-hydrogen) atoms. The Morgan fingerprint density at radius 3 is 2.38 bits per heavy atom. The number of nitrogens with zero attached hydrogens (tertiary/aromatic N) is 3. The molecule has 4 aromatic carbocycles. The maximum absolute atomic E-state index is 13.9. The zero-order valence-corrected chi connectivity index (χ0v) is 23.9. The van der Waals surface area contributed by atoms with Crippen molar-refractivity contribution in [2.45, 2.75) is 53.6 Å². The minimum atomic E-state index is -0.234. The third-order valence-corrected chi connectivity index (χ3v) is 6.87. The second-order valence-electron chi connectivity index (χ2n) is 10.5. The van der Waals surface area contributed by atoms with Gasteiger partial charge in [0.15, 0.2) is 5.82 Å². The van der Waals surface area contributed by atoms with Crippen molar-refractivity contribution in [1.82, 2.24) is 9.66 Å². The highest BCUT2D eigenvalue weighted by molar-refractivity contribution is 6.02. The van der Waals surface area contributed by atoms with Crippen molar-refractivity contribution in [3.63, 3.8) is 0 Å². The van der Waals surface area contributed by atoms with E-state index in [4.69, 9.17) is 19.6 Å². The van der Waals surface area contributed by atoms with E-state index in [1.54, 1.807) is 12.3 Å². The summed E-state index contributed by atoms with van der Waals surface area (Å²) in [5, 5.41) is 7.36. The number of aryl methyl sites for hydroxylation is 1. The second-order valence-corrected chi connectivity index (χ2v) is 10.5. The molecule has 5 aromatic rings. The molecule has 1 heterocycles. The minimum absolute atomic E-state index is 0.0186. The molecule has 0 radical (unpaired) electrons. The van der Waals surface area contributed by atoms with E-state index in [2.05, 4.69) is 26.0 Å². The highest BCUT2D eigenvalue weighted by atomic mass is 16.5. The number of ether oxygens (including phenoxy) is 2. The minimum Gasteiger partial charge on any atom is -0.494 e. The van der Waals surface area contributed by atoms with Crippen molar-refractivity contribution in [2.24, 2.45) is 5.10 Å². The van der Waals surface area contributed by atoms with Crippen LogP contribution in [-0.2, 0) is 0 Å². The van der Waals surface area contributed by atoms with E-state index in [1.807, 2.05) is 82.3 Å². The Hall–Kier alpha value is -4.45. The first kappa shape index (κ1) is 27.1. The maximum atomic E-state index is 13.9. The Kier molecular flexibility index (Phi) is 7.69. The van der Waals surface area contributed by atoms with Crippen LogP contribution in [0.2, 0.25) is 0 Å². The summed E-state index contributed by atoms with van der Waals surface area (Å²) in [6, 6.07) is 23.6. The lowest BCUT2D eigenvalue weighted by Crippen LogP contribution is -2.21. The number of aromatic nitrogens is 2. The van der Waals surface area contributed by atoms with Gasteiger partial charge in [-0.1, -0.05) is 56.3 Å². The predicted molar refractivity (Wildman–Crippen MR) is 164 cm³/mol. The SMILES string of the molecule is CCOc1cc(C)c(-c2nc3ccccc3c(=O)n2N=Cc2c(OC(C)C)ccc3ccccc23)cc1C(C)C. The molecule has 0 spiro atoms. The molecule has 6 heteroatoms. The molecule has 0 N–H and O–H groups in total. The third-order valence-electron chi connectivity index (χ3n) is 6.87. The van der Waals surface area contributed by atoms with Gasteiger partial charge in [-0.05, 0) is 85.8 Å². The third kappa shape index (κ3) is 5.22. The van der Waals surface area contributed by atoms with Gasteiger partial charge in [0.1, 0.15) is 11.5 Å². The Morgan fingerprint density at radius 1 is 0.925 bits per heavy atom. The summed E-state index contributed by atoms with van der Waals surface area (Å²) >= 11 is 0. The molecule has 1 aromatic heterocycles. The summed E-state index contributed by atoms with van der Waals surface area (Å²) in [4.78, 5) is 18.9. The molecule has 0 saturated carbocycles. The molecular weight excluding hydrogens is 498 g/mol. The van der Waals surface area contributed by atoms with E-state index in [0.29, 0.717) is 29.1 Å². The summed E-state index contributed by atoms with van der Waals surface area (Å²) in [7, 11) is 0. The molecule has 0 aliphatic rings. The first-order valence-corrected chi connectivity index (χ1v) is 13.8. The van der Waals surface area contributed by atoms with Gasteiger partial charge in [-0.15, -0.1) is 0 Å². The molecule has 5 rings (SSSR count). The van der Waals surface area contributed by atoms with Crippen molar-refractivity contribution in [3.8, 4) is 22.9 Å². The van der Waals surface area contributed by atoms with Gasteiger partial charge in [0.25, 0.3) is 5.56 Å². The molecule has 0 amide bonds. The van der Waals surface area contributed by atoms with Crippen LogP contribution in [-0.4, -0.2) is 28.6 Å². The van der Waals surface area contributed by atoms with Gasteiger partial charge in [-0.3, -0.25) is 4.79 Å². The van der Waals surface area contributed by atoms with Crippen LogP contribution in [0.1, 0.15) is 57.2 Å². The molecule has 0 fully saturated rings. The summed E-state index contributed by atoms with van der Waals surface area (Å²) in [6.07, 6.45) is 1.70. The monoisotopic (exact) mass is 533 g/mol. The van der Waals surface area contributed by atoms with Crippen LogP contribution in [0.4, 0.5) is 0 Å². The Bertz CT molecular complexity index is 1780. The molecule has 0 saturated heterocycles.